The fraction of sp³-hybridized carbons (Fsp3) is 0. The van der Waals surface area contributed by atoms with Gasteiger partial charge >= 0.3 is 0 Å². The number of para-hydroxylation sites is 2. The van der Waals surface area contributed by atoms with E-state index in [4.69, 9.17) is 0 Å². The lowest BCUT2D eigenvalue weighted by atomic mass is 10.3. The third-order valence-corrected chi connectivity index (χ3v) is 3.35. The van der Waals surface area contributed by atoms with Crippen LogP contribution in [0, 0.1) is 0 Å². The van der Waals surface area contributed by atoms with Gasteiger partial charge in [-0.05, 0) is 24.3 Å². The molecule has 23 heavy (non-hydrogen) atoms. The Balaban J connectivity index is 1.72. The number of hydrogen-bond acceptors (Lipinski definition) is 5. The zero-order chi connectivity index (χ0) is 15.5. The van der Waals surface area contributed by atoms with Gasteiger partial charge in [-0.1, -0.05) is 36.4 Å². The number of hydrogen-bond donors (Lipinski definition) is 3. The second-order valence-electron chi connectivity index (χ2n) is 4.98. The van der Waals surface area contributed by atoms with Crippen LogP contribution >= 0.6 is 0 Å². The van der Waals surface area contributed by atoms with Crippen molar-refractivity contribution in [1.82, 2.24) is 19.9 Å². The Labute approximate surface area is 132 Å². The number of benzene rings is 2. The molecule has 0 unspecified atom stereocenters. The van der Waals surface area contributed by atoms with Crippen LogP contribution < -0.4 is 10.6 Å². The van der Waals surface area contributed by atoms with E-state index in [-0.39, 0.29) is 0 Å². The maximum Gasteiger partial charge on any atom is 0.231 e. The number of fused-ring (bicyclic) bond motifs is 1. The first-order chi connectivity index (χ1) is 11.4. The maximum atomic E-state index is 4.56. The number of imidazole rings is 1. The van der Waals surface area contributed by atoms with Crippen LogP contribution in [0.4, 0.5) is 23.1 Å². The Morgan fingerprint density at radius 1 is 0.739 bits per heavy atom. The van der Waals surface area contributed by atoms with Gasteiger partial charge in [-0.2, -0.15) is 9.97 Å². The minimum Gasteiger partial charge on any atom is -0.340 e. The molecule has 2 heterocycles. The predicted molar refractivity (Wildman–Crippen MR) is 91.1 cm³/mol. The summed E-state index contributed by atoms with van der Waals surface area (Å²) in [6.07, 6.45) is 1.61. The summed E-state index contributed by atoms with van der Waals surface area (Å²) in [5.41, 5.74) is 3.25. The van der Waals surface area contributed by atoms with Gasteiger partial charge in [-0.15, -0.1) is 0 Å². The molecule has 2 aromatic heterocycles. The van der Waals surface area contributed by atoms with Crippen LogP contribution in [-0.4, -0.2) is 19.9 Å². The Morgan fingerprint density at radius 3 is 2.09 bits per heavy atom. The summed E-state index contributed by atoms with van der Waals surface area (Å²) in [4.78, 5) is 16.3. The Morgan fingerprint density at radius 2 is 1.39 bits per heavy atom. The van der Waals surface area contributed by atoms with Crippen molar-refractivity contribution in [3.63, 3.8) is 0 Å². The van der Waals surface area contributed by atoms with Gasteiger partial charge in [0.25, 0.3) is 0 Å². The number of H-pyrrole nitrogens is 1. The molecule has 0 bridgehead atoms. The molecule has 6 heteroatoms. The molecular weight excluding hydrogens is 288 g/mol. The summed E-state index contributed by atoms with van der Waals surface area (Å²) in [6, 6.07) is 19.7. The summed E-state index contributed by atoms with van der Waals surface area (Å²) >= 11 is 0. The molecule has 0 fully saturated rings. The van der Waals surface area contributed by atoms with E-state index in [0.29, 0.717) is 17.4 Å². The van der Waals surface area contributed by atoms with Crippen molar-refractivity contribution < 1.29 is 0 Å². The molecule has 3 N–H and O–H groups in total. The Bertz CT molecular complexity index is 918. The van der Waals surface area contributed by atoms with Gasteiger partial charge in [-0.3, -0.25) is 0 Å². The molecule has 0 saturated carbocycles. The highest BCUT2D eigenvalue weighted by molar-refractivity contribution is 5.86. The van der Waals surface area contributed by atoms with Crippen LogP contribution in [0.2, 0.25) is 0 Å². The summed E-state index contributed by atoms with van der Waals surface area (Å²) in [6.45, 7) is 0. The van der Waals surface area contributed by atoms with E-state index in [1.807, 2.05) is 60.7 Å². The number of rotatable bonds is 4. The average Bonchev–Trinajstić information content (AvgIpc) is 3.05. The fourth-order valence-electron chi connectivity index (χ4n) is 2.29. The van der Waals surface area contributed by atoms with Gasteiger partial charge in [0.15, 0.2) is 11.5 Å². The number of anilines is 4. The molecule has 0 amide bonds. The molecule has 0 spiro atoms. The van der Waals surface area contributed by atoms with E-state index in [1.54, 1.807) is 6.33 Å². The standard InChI is InChI=1S/C17H14N6/c1-3-7-12(8-4-1)20-16-14-15(19-11-18-14)22-17(23-16)21-13-9-5-2-6-10-13/h1-11H,(H3,18,19,20,21,22,23). The van der Waals surface area contributed by atoms with E-state index in [2.05, 4.69) is 30.6 Å². The van der Waals surface area contributed by atoms with Crippen molar-refractivity contribution in [1.29, 1.82) is 0 Å². The summed E-state index contributed by atoms with van der Waals surface area (Å²) in [7, 11) is 0. The minimum absolute atomic E-state index is 0.495. The number of aromatic amines is 1. The van der Waals surface area contributed by atoms with Crippen molar-refractivity contribution in [2.45, 2.75) is 0 Å². The lowest BCUT2D eigenvalue weighted by Crippen LogP contribution is -2.02. The first kappa shape index (κ1) is 13.3. The lowest BCUT2D eigenvalue weighted by molar-refractivity contribution is 1.19. The van der Waals surface area contributed by atoms with E-state index >= 15 is 0 Å². The second-order valence-corrected chi connectivity index (χ2v) is 4.98. The summed E-state index contributed by atoms with van der Waals surface area (Å²) in [5, 5.41) is 6.49. The van der Waals surface area contributed by atoms with Gasteiger partial charge < -0.3 is 15.6 Å². The molecule has 112 valence electrons. The number of aromatic nitrogens is 4. The van der Waals surface area contributed by atoms with Crippen molar-refractivity contribution in [2.75, 3.05) is 10.6 Å². The third kappa shape index (κ3) is 2.82. The summed E-state index contributed by atoms with van der Waals surface area (Å²) in [5.74, 6) is 1.17. The molecule has 0 aliphatic heterocycles. The van der Waals surface area contributed by atoms with Crippen LogP contribution in [0.25, 0.3) is 11.2 Å². The average molecular weight is 302 g/mol. The van der Waals surface area contributed by atoms with Crippen molar-refractivity contribution in [2.24, 2.45) is 0 Å². The molecule has 0 saturated heterocycles. The van der Waals surface area contributed by atoms with Crippen molar-refractivity contribution >= 4 is 34.3 Å². The quantitative estimate of drug-likeness (QED) is 0.534. The fourth-order valence-corrected chi connectivity index (χ4v) is 2.29. The van der Waals surface area contributed by atoms with Crippen molar-refractivity contribution in [3.05, 3.63) is 67.0 Å². The molecule has 0 aliphatic carbocycles. The molecule has 0 atom stereocenters. The molecule has 6 nitrogen and oxygen atoms in total. The van der Waals surface area contributed by atoms with Gasteiger partial charge in [0.1, 0.15) is 5.52 Å². The van der Waals surface area contributed by atoms with Crippen molar-refractivity contribution in [3.8, 4) is 0 Å². The van der Waals surface area contributed by atoms with E-state index in [9.17, 15) is 0 Å². The minimum atomic E-state index is 0.495. The molecule has 0 aliphatic rings. The SMILES string of the molecule is c1ccc(Nc2nc(Nc3ccccc3)c3[nH]cnc3n2)cc1. The first-order valence-electron chi connectivity index (χ1n) is 7.24. The highest BCUT2D eigenvalue weighted by Crippen LogP contribution is 2.24. The molecule has 2 aromatic carbocycles. The normalized spacial score (nSPS) is 10.6. The predicted octanol–water partition coefficient (Wildman–Crippen LogP) is 3.84. The van der Waals surface area contributed by atoms with Crippen LogP contribution in [0.15, 0.2) is 67.0 Å². The van der Waals surface area contributed by atoms with Crippen LogP contribution in [-0.2, 0) is 0 Å². The molecular formula is C17H14N6. The number of nitrogens with one attached hydrogen (secondary N) is 3. The zero-order valence-corrected chi connectivity index (χ0v) is 12.2. The monoisotopic (exact) mass is 302 g/mol. The number of nitrogens with zero attached hydrogens (tertiary/aromatic N) is 3. The first-order valence-corrected chi connectivity index (χ1v) is 7.24. The van der Waals surface area contributed by atoms with E-state index < -0.39 is 0 Å². The topological polar surface area (TPSA) is 78.5 Å². The van der Waals surface area contributed by atoms with Gasteiger partial charge in [0, 0.05) is 11.4 Å². The highest BCUT2D eigenvalue weighted by Gasteiger charge is 2.10. The van der Waals surface area contributed by atoms with E-state index in [0.717, 1.165) is 16.9 Å². The van der Waals surface area contributed by atoms with Crippen LogP contribution in [0.3, 0.4) is 0 Å². The highest BCUT2D eigenvalue weighted by atomic mass is 15.2. The molecule has 4 aromatic rings. The zero-order valence-electron chi connectivity index (χ0n) is 12.2. The molecule has 0 radical (unpaired) electrons. The van der Waals surface area contributed by atoms with E-state index in [1.165, 1.54) is 0 Å². The Hall–Kier alpha value is -3.41. The Kier molecular flexibility index (Phi) is 3.32. The van der Waals surface area contributed by atoms with Gasteiger partial charge in [0.05, 0.1) is 6.33 Å². The van der Waals surface area contributed by atoms with Gasteiger partial charge in [-0.25, -0.2) is 4.98 Å². The summed E-state index contributed by atoms with van der Waals surface area (Å²) < 4.78 is 0. The second kappa shape index (κ2) is 5.76. The smallest absolute Gasteiger partial charge is 0.231 e. The van der Waals surface area contributed by atoms with Crippen LogP contribution in [0.1, 0.15) is 0 Å². The lowest BCUT2D eigenvalue weighted by Gasteiger charge is -2.09. The third-order valence-electron chi connectivity index (χ3n) is 3.35. The largest absolute Gasteiger partial charge is 0.340 e. The molecule has 4 rings (SSSR count). The maximum absolute atomic E-state index is 4.56. The van der Waals surface area contributed by atoms with Gasteiger partial charge in [0.2, 0.25) is 5.95 Å². The van der Waals surface area contributed by atoms with Crippen LogP contribution in [0.5, 0.6) is 0 Å².